The number of carbonyl (C=O) groups excluding carboxylic acids is 2. The first-order chi connectivity index (χ1) is 14.9. The van der Waals surface area contributed by atoms with Crippen LogP contribution in [0.25, 0.3) is 0 Å². The lowest BCUT2D eigenvalue weighted by atomic mass is 9.88. The first-order valence-corrected chi connectivity index (χ1v) is 10.2. The molecule has 1 aromatic rings. The van der Waals surface area contributed by atoms with Crippen LogP contribution in [0.2, 0.25) is 0 Å². The lowest BCUT2D eigenvalue weighted by Gasteiger charge is -2.38. The van der Waals surface area contributed by atoms with Crippen LogP contribution in [0.15, 0.2) is 10.2 Å². The Labute approximate surface area is 184 Å². The fraction of sp³-hybridized carbons (Fsp3) is 0.600. The number of nitrogens with one attached hydrogen (secondary N) is 1. The summed E-state index contributed by atoms with van der Waals surface area (Å²) in [5.41, 5.74) is 4.18. The normalized spacial score (nSPS) is 27.8. The number of benzene rings is 1. The van der Waals surface area contributed by atoms with Crippen molar-refractivity contribution >= 4 is 23.6 Å². The molecule has 3 aliphatic heterocycles. The largest absolute Gasteiger partial charge is 0.505 e. The smallest absolute Gasteiger partial charge is 0.452 e. The van der Waals surface area contributed by atoms with Gasteiger partial charge in [-0.2, -0.15) is 0 Å². The first kappa shape index (κ1) is 22.1. The molecule has 0 aliphatic carbocycles. The molecule has 12 heteroatoms. The van der Waals surface area contributed by atoms with E-state index in [0.29, 0.717) is 12.2 Å². The van der Waals surface area contributed by atoms with Gasteiger partial charge in [-0.05, 0) is 27.7 Å². The third kappa shape index (κ3) is 3.21. The summed E-state index contributed by atoms with van der Waals surface area (Å²) in [6, 6.07) is 0.0277. The number of aromatic hydroxyl groups is 2. The molecular weight excluding hydrogens is 422 g/mol. The molecule has 0 spiro atoms. The van der Waals surface area contributed by atoms with E-state index in [4.69, 9.17) is 19.9 Å². The monoisotopic (exact) mass is 449 g/mol. The maximum atomic E-state index is 12.0. The van der Waals surface area contributed by atoms with Gasteiger partial charge in [-0.25, -0.2) is 9.59 Å². The average Bonchev–Trinajstić information content (AvgIpc) is 3.29. The summed E-state index contributed by atoms with van der Waals surface area (Å²) in [7, 11) is 1.52. The minimum absolute atomic E-state index is 0.0936. The molecule has 0 bridgehead atoms. The van der Waals surface area contributed by atoms with Gasteiger partial charge in [0.15, 0.2) is 5.72 Å². The van der Waals surface area contributed by atoms with Crippen molar-refractivity contribution in [1.82, 2.24) is 5.32 Å². The quantitative estimate of drug-likeness (QED) is 0.304. The maximum absolute atomic E-state index is 12.0. The molecule has 0 aromatic heterocycles. The highest BCUT2D eigenvalue weighted by Crippen LogP contribution is 2.64. The average molecular weight is 449 g/mol. The Morgan fingerprint density at radius 1 is 1.31 bits per heavy atom. The summed E-state index contributed by atoms with van der Waals surface area (Å²) in [4.78, 5) is 25.2. The van der Waals surface area contributed by atoms with E-state index in [1.165, 1.54) is 7.11 Å². The van der Waals surface area contributed by atoms with Crippen LogP contribution in [0.4, 0.5) is 21.0 Å². The number of fused-ring (bicyclic) bond motifs is 5. The minimum atomic E-state index is -1.01. The predicted molar refractivity (Wildman–Crippen MR) is 111 cm³/mol. The number of nitrogens with zero attached hydrogens (tertiary/aromatic N) is 3. The fourth-order valence-corrected chi connectivity index (χ4v) is 4.81. The van der Waals surface area contributed by atoms with Gasteiger partial charge >= 0.3 is 12.2 Å². The van der Waals surface area contributed by atoms with Crippen molar-refractivity contribution in [2.24, 2.45) is 16.0 Å². The van der Waals surface area contributed by atoms with Crippen molar-refractivity contribution in [2.45, 2.75) is 57.0 Å². The van der Waals surface area contributed by atoms with Crippen molar-refractivity contribution in [3.05, 3.63) is 11.1 Å². The van der Waals surface area contributed by atoms with E-state index in [1.807, 2.05) is 4.90 Å². The second-order valence-corrected chi connectivity index (χ2v) is 9.11. The number of phenols is 2. The van der Waals surface area contributed by atoms with E-state index in [2.05, 4.69) is 15.5 Å². The molecular formula is C20H27N5O7. The van der Waals surface area contributed by atoms with Crippen molar-refractivity contribution in [3.63, 3.8) is 0 Å². The molecule has 174 valence electrons. The van der Waals surface area contributed by atoms with Gasteiger partial charge in [-0.15, -0.1) is 5.11 Å². The molecule has 0 unspecified atom stereocenters. The zero-order chi connectivity index (χ0) is 23.6. The molecule has 0 radical (unpaired) electrons. The fourth-order valence-electron chi connectivity index (χ4n) is 4.81. The molecule has 4 rings (SSSR count). The Morgan fingerprint density at radius 3 is 2.59 bits per heavy atom. The van der Waals surface area contributed by atoms with Gasteiger partial charge in [0.25, 0.3) is 0 Å². The minimum Gasteiger partial charge on any atom is -0.505 e. The van der Waals surface area contributed by atoms with E-state index < -0.39 is 29.4 Å². The highest BCUT2D eigenvalue weighted by molar-refractivity contribution is 5.85. The Balaban J connectivity index is 1.81. The molecule has 4 atom stereocenters. The van der Waals surface area contributed by atoms with E-state index >= 15 is 0 Å². The van der Waals surface area contributed by atoms with Gasteiger partial charge < -0.3 is 40.4 Å². The summed E-state index contributed by atoms with van der Waals surface area (Å²) in [6.07, 6.45) is -1.92. The number of nitrogens with two attached hydrogens (primary N) is 1. The van der Waals surface area contributed by atoms with Crippen molar-refractivity contribution in [3.8, 4) is 11.5 Å². The summed E-state index contributed by atoms with van der Waals surface area (Å²) in [5.74, 6) is -1.13. The van der Waals surface area contributed by atoms with Crippen LogP contribution in [0.3, 0.4) is 0 Å². The topological polar surface area (TPSA) is 178 Å². The predicted octanol–water partition coefficient (Wildman–Crippen LogP) is 2.12. The number of piperazine rings is 1. The number of phenolic OH excluding ortho intramolecular Hbond substituents is 2. The van der Waals surface area contributed by atoms with Gasteiger partial charge in [-0.1, -0.05) is 5.11 Å². The highest BCUT2D eigenvalue weighted by Gasteiger charge is 2.71. The zero-order valence-electron chi connectivity index (χ0n) is 18.5. The van der Waals surface area contributed by atoms with Crippen LogP contribution < -0.4 is 16.0 Å². The third-order valence-corrected chi connectivity index (χ3v) is 6.06. The Bertz CT molecular complexity index is 1020. The SMILES string of the molecule is CO[C@@]12[C@H](COC(N)=O)c3c(O)c(N=NC(=O)OC(C)(C)C)c(C)c(O)c3N1C[C@@H]1N[C@@H]12. The number of carbonyl (C=O) groups is 2. The van der Waals surface area contributed by atoms with Crippen LogP contribution in [-0.4, -0.2) is 66.1 Å². The van der Waals surface area contributed by atoms with Crippen molar-refractivity contribution < 1.29 is 34.0 Å². The summed E-state index contributed by atoms with van der Waals surface area (Å²) in [6.45, 7) is 6.93. The lowest BCUT2D eigenvalue weighted by molar-refractivity contribution is -0.0337. The van der Waals surface area contributed by atoms with Gasteiger partial charge in [0.2, 0.25) is 0 Å². The number of methoxy groups -OCH3 is 1. The standard InChI is InChI=1S/C20H27N5O7/c1-8-12(23-24-18(29)32-19(2,3)4)15(27)11-9(7-31-17(21)28)20(30-5)16-10(22-16)6-25(20)13(11)14(8)26/h9-10,16,22,26-27H,6-7H2,1-5H3,(H2,21,28)/t9-,10+,16+,20-/m1/s1. The number of anilines is 1. The molecule has 1 aromatic carbocycles. The third-order valence-electron chi connectivity index (χ3n) is 6.06. The zero-order valence-corrected chi connectivity index (χ0v) is 18.5. The lowest BCUT2D eigenvalue weighted by Crippen LogP contribution is -2.54. The van der Waals surface area contributed by atoms with Gasteiger partial charge in [-0.3, -0.25) is 0 Å². The molecule has 3 heterocycles. The molecule has 2 fully saturated rings. The first-order valence-electron chi connectivity index (χ1n) is 10.2. The molecule has 0 saturated carbocycles. The van der Waals surface area contributed by atoms with Gasteiger partial charge in [0, 0.05) is 30.8 Å². The van der Waals surface area contributed by atoms with E-state index in [1.54, 1.807) is 27.7 Å². The second-order valence-electron chi connectivity index (χ2n) is 9.11. The van der Waals surface area contributed by atoms with E-state index in [9.17, 15) is 19.8 Å². The number of amides is 2. The Hall–Kier alpha value is -3.12. The van der Waals surface area contributed by atoms with Crippen LogP contribution in [0.5, 0.6) is 11.5 Å². The van der Waals surface area contributed by atoms with Gasteiger partial charge in [0.1, 0.15) is 29.4 Å². The van der Waals surface area contributed by atoms with Crippen molar-refractivity contribution in [2.75, 3.05) is 25.2 Å². The van der Waals surface area contributed by atoms with Crippen molar-refractivity contribution in [1.29, 1.82) is 0 Å². The van der Waals surface area contributed by atoms with E-state index in [0.717, 1.165) is 0 Å². The maximum Gasteiger partial charge on any atom is 0.452 e. The molecule has 5 N–H and O–H groups in total. The number of rotatable bonds is 4. The number of azo groups is 1. The van der Waals surface area contributed by atoms with Gasteiger partial charge in [0.05, 0.1) is 17.6 Å². The second kappa shape index (κ2) is 7.20. The molecule has 3 aliphatic rings. The summed E-state index contributed by atoms with van der Waals surface area (Å²) < 4.78 is 16.1. The Morgan fingerprint density at radius 2 is 2.00 bits per heavy atom. The molecule has 2 saturated heterocycles. The van der Waals surface area contributed by atoms with Crippen LogP contribution >= 0.6 is 0 Å². The molecule has 32 heavy (non-hydrogen) atoms. The van der Waals surface area contributed by atoms with Crippen LogP contribution in [0, 0.1) is 6.92 Å². The Kier molecular flexibility index (Phi) is 4.97. The molecule has 12 nitrogen and oxygen atoms in total. The van der Waals surface area contributed by atoms with Crippen LogP contribution in [0.1, 0.15) is 37.8 Å². The summed E-state index contributed by atoms with van der Waals surface area (Å²) >= 11 is 0. The summed E-state index contributed by atoms with van der Waals surface area (Å²) in [5, 5.41) is 32.9. The number of ether oxygens (including phenoxy) is 3. The number of hydrogen-bond acceptors (Lipinski definition) is 10. The number of primary amides is 1. The number of hydrogen-bond donors (Lipinski definition) is 4. The molecule has 2 amide bonds. The van der Waals surface area contributed by atoms with E-state index in [-0.39, 0.29) is 47.0 Å². The highest BCUT2D eigenvalue weighted by atomic mass is 16.6. The van der Waals surface area contributed by atoms with Crippen LogP contribution in [-0.2, 0) is 14.2 Å².